The van der Waals surface area contributed by atoms with Crippen molar-refractivity contribution in [3.8, 4) is 0 Å². The first kappa shape index (κ1) is 15.3. The van der Waals surface area contributed by atoms with Crippen molar-refractivity contribution in [3.05, 3.63) is 12.5 Å². The number of imidazole rings is 1. The van der Waals surface area contributed by atoms with Gasteiger partial charge in [-0.2, -0.15) is 4.98 Å². The van der Waals surface area contributed by atoms with Crippen LogP contribution in [0.3, 0.4) is 0 Å². The number of fused-ring (bicyclic) bond motifs is 1. The molecule has 3 atom stereocenters. The first-order valence-corrected chi connectivity index (χ1v) is 7.85. The van der Waals surface area contributed by atoms with Gasteiger partial charge in [0.25, 0.3) is 0 Å². The molecule has 22 heavy (non-hydrogen) atoms. The van der Waals surface area contributed by atoms with E-state index in [1.54, 1.807) is 4.57 Å². The van der Waals surface area contributed by atoms with Crippen LogP contribution < -0.4 is 5.73 Å². The Hall–Kier alpha value is -1.62. The number of aliphatic hydroxyl groups is 1. The highest BCUT2D eigenvalue weighted by molar-refractivity contribution is 7.46. The van der Waals surface area contributed by atoms with Gasteiger partial charge in [-0.3, -0.25) is 9.09 Å². The van der Waals surface area contributed by atoms with E-state index < -0.39 is 32.9 Å². The highest BCUT2D eigenvalue weighted by Crippen LogP contribution is 2.38. The summed E-state index contributed by atoms with van der Waals surface area (Å²) in [5, 5.41) is 9.93. The van der Waals surface area contributed by atoms with Gasteiger partial charge in [-0.25, -0.2) is 14.5 Å². The summed E-state index contributed by atoms with van der Waals surface area (Å²) in [5.41, 5.74) is 6.50. The number of nitrogen functional groups attached to an aromatic ring is 1. The molecule has 12 heteroatoms. The number of hydrogen-bond donors (Lipinski definition) is 4. The van der Waals surface area contributed by atoms with Crippen LogP contribution in [0.4, 0.5) is 5.95 Å². The lowest BCUT2D eigenvalue weighted by Crippen LogP contribution is -2.25. The summed E-state index contributed by atoms with van der Waals surface area (Å²) < 4.78 is 22.2. The molecule has 1 aliphatic rings. The van der Waals surface area contributed by atoms with E-state index >= 15 is 0 Å². The van der Waals surface area contributed by atoms with Crippen LogP contribution in [0.15, 0.2) is 12.5 Å². The minimum atomic E-state index is -4.62. The monoisotopic (exact) mass is 331 g/mol. The fourth-order valence-corrected chi connectivity index (χ4v) is 2.60. The fraction of sp³-hybridized carbons (Fsp3) is 0.500. The second-order valence-corrected chi connectivity index (χ2v) is 6.05. The maximum Gasteiger partial charge on any atom is 0.469 e. The second-order valence-electron chi connectivity index (χ2n) is 4.81. The SMILES string of the molecule is Nc1ncc2ncn([C@H]3C[C@H](O)[C@@H](COP(=O)(O)O)O3)c2n1. The number of phosphoric ester groups is 1. The summed E-state index contributed by atoms with van der Waals surface area (Å²) in [6.07, 6.45) is 0.739. The van der Waals surface area contributed by atoms with Crippen LogP contribution >= 0.6 is 7.82 Å². The molecule has 1 aliphatic heterocycles. The number of nitrogens with two attached hydrogens (primary N) is 1. The number of nitrogens with zero attached hydrogens (tertiary/aromatic N) is 4. The van der Waals surface area contributed by atoms with Crippen LogP contribution in [0.1, 0.15) is 12.6 Å². The van der Waals surface area contributed by atoms with E-state index in [4.69, 9.17) is 20.3 Å². The molecule has 0 unspecified atom stereocenters. The number of aromatic nitrogens is 4. The summed E-state index contributed by atoms with van der Waals surface area (Å²) in [6.45, 7) is -0.425. The van der Waals surface area contributed by atoms with Crippen molar-refractivity contribution in [2.45, 2.75) is 24.9 Å². The van der Waals surface area contributed by atoms with Gasteiger partial charge in [-0.1, -0.05) is 0 Å². The third kappa shape index (κ3) is 3.09. The number of hydrogen-bond acceptors (Lipinski definition) is 8. The topological polar surface area (TPSA) is 166 Å². The standard InChI is InChI=1S/C10H14N5O6P/c11-10-12-2-5-9(14-10)15(4-13-5)8-1-6(16)7(21-8)3-20-22(17,18)19/h2,4,6-8,16H,1,3H2,(H2,11,12,14)(H2,17,18,19)/t6-,7+,8+/m0/s1. The number of anilines is 1. The largest absolute Gasteiger partial charge is 0.469 e. The molecular weight excluding hydrogens is 317 g/mol. The maximum absolute atomic E-state index is 10.7. The zero-order valence-corrected chi connectivity index (χ0v) is 12.1. The molecule has 3 rings (SSSR count). The molecule has 3 heterocycles. The number of phosphoric acid groups is 1. The Labute approximate surface area is 124 Å². The second kappa shape index (κ2) is 5.54. The molecule has 0 spiro atoms. The van der Waals surface area contributed by atoms with Crippen LogP contribution in [-0.2, 0) is 13.8 Å². The smallest absolute Gasteiger partial charge is 0.390 e. The van der Waals surface area contributed by atoms with E-state index in [0.29, 0.717) is 11.2 Å². The Morgan fingerprint density at radius 3 is 3.00 bits per heavy atom. The van der Waals surface area contributed by atoms with Crippen molar-refractivity contribution in [1.29, 1.82) is 0 Å². The van der Waals surface area contributed by atoms with E-state index in [0.717, 1.165) is 0 Å². The third-order valence-electron chi connectivity index (χ3n) is 3.26. The summed E-state index contributed by atoms with van der Waals surface area (Å²) in [5.74, 6) is 0.0779. The van der Waals surface area contributed by atoms with Crippen LogP contribution in [-0.4, -0.2) is 53.2 Å². The van der Waals surface area contributed by atoms with Crippen molar-refractivity contribution in [2.75, 3.05) is 12.3 Å². The van der Waals surface area contributed by atoms with E-state index in [-0.39, 0.29) is 12.4 Å². The zero-order valence-electron chi connectivity index (χ0n) is 11.2. The van der Waals surface area contributed by atoms with Crippen molar-refractivity contribution in [3.63, 3.8) is 0 Å². The molecule has 5 N–H and O–H groups in total. The van der Waals surface area contributed by atoms with Gasteiger partial charge in [0.15, 0.2) is 5.65 Å². The van der Waals surface area contributed by atoms with E-state index in [1.165, 1.54) is 12.5 Å². The van der Waals surface area contributed by atoms with Gasteiger partial charge >= 0.3 is 7.82 Å². The Bertz CT molecular complexity index is 732. The summed E-state index contributed by atoms with van der Waals surface area (Å²) in [4.78, 5) is 29.4. The Kier molecular flexibility index (Phi) is 3.85. The molecule has 1 fully saturated rings. The molecule has 0 saturated carbocycles. The molecule has 0 aliphatic carbocycles. The molecule has 0 bridgehead atoms. The Morgan fingerprint density at radius 2 is 2.27 bits per heavy atom. The molecule has 0 aromatic carbocycles. The van der Waals surface area contributed by atoms with Gasteiger partial charge in [0, 0.05) is 6.42 Å². The van der Waals surface area contributed by atoms with Crippen molar-refractivity contribution in [1.82, 2.24) is 19.5 Å². The lowest BCUT2D eigenvalue weighted by Gasteiger charge is -2.16. The minimum absolute atomic E-state index is 0.0779. The van der Waals surface area contributed by atoms with Gasteiger partial charge in [0.1, 0.15) is 17.8 Å². The fourth-order valence-electron chi connectivity index (χ4n) is 2.26. The van der Waals surface area contributed by atoms with Crippen LogP contribution in [0.5, 0.6) is 0 Å². The minimum Gasteiger partial charge on any atom is -0.390 e. The van der Waals surface area contributed by atoms with Crippen molar-refractivity contribution in [2.24, 2.45) is 0 Å². The lowest BCUT2D eigenvalue weighted by molar-refractivity contribution is -0.0424. The number of aliphatic hydroxyl groups excluding tert-OH is 1. The quantitative estimate of drug-likeness (QED) is 0.519. The summed E-state index contributed by atoms with van der Waals surface area (Å²) in [6, 6.07) is 0. The van der Waals surface area contributed by atoms with Crippen LogP contribution in [0.25, 0.3) is 11.2 Å². The van der Waals surface area contributed by atoms with Gasteiger partial charge in [-0.05, 0) is 0 Å². The first-order chi connectivity index (χ1) is 10.3. The van der Waals surface area contributed by atoms with E-state index in [9.17, 15) is 9.67 Å². The molecule has 0 amide bonds. The zero-order chi connectivity index (χ0) is 15.9. The third-order valence-corrected chi connectivity index (χ3v) is 3.74. The molecule has 120 valence electrons. The summed E-state index contributed by atoms with van der Waals surface area (Å²) in [7, 11) is -4.62. The Balaban J connectivity index is 1.78. The molecule has 0 radical (unpaired) electrons. The molecular formula is C10H14N5O6P. The van der Waals surface area contributed by atoms with E-state index in [2.05, 4.69) is 19.5 Å². The Morgan fingerprint density at radius 1 is 1.50 bits per heavy atom. The molecule has 2 aromatic heterocycles. The summed E-state index contributed by atoms with van der Waals surface area (Å²) >= 11 is 0. The van der Waals surface area contributed by atoms with Gasteiger partial charge < -0.3 is 25.4 Å². The average molecular weight is 331 g/mol. The molecule has 11 nitrogen and oxygen atoms in total. The number of ether oxygens (including phenoxy) is 1. The van der Waals surface area contributed by atoms with Gasteiger partial charge in [-0.15, -0.1) is 0 Å². The lowest BCUT2D eigenvalue weighted by atomic mass is 10.2. The molecule has 2 aromatic rings. The molecule has 1 saturated heterocycles. The maximum atomic E-state index is 10.7. The van der Waals surface area contributed by atoms with Crippen molar-refractivity contribution >= 4 is 24.9 Å². The van der Waals surface area contributed by atoms with Crippen molar-refractivity contribution < 1.29 is 28.7 Å². The van der Waals surface area contributed by atoms with Gasteiger partial charge in [0.2, 0.25) is 5.95 Å². The number of rotatable bonds is 4. The predicted octanol–water partition coefficient (Wildman–Crippen LogP) is -0.834. The van der Waals surface area contributed by atoms with Crippen LogP contribution in [0.2, 0.25) is 0 Å². The van der Waals surface area contributed by atoms with Crippen LogP contribution in [0, 0.1) is 0 Å². The predicted molar refractivity (Wildman–Crippen MR) is 72.3 cm³/mol. The normalized spacial score (nSPS) is 25.9. The van der Waals surface area contributed by atoms with E-state index in [1.807, 2.05) is 0 Å². The van der Waals surface area contributed by atoms with Gasteiger partial charge in [0.05, 0.1) is 25.2 Å². The highest BCUT2D eigenvalue weighted by atomic mass is 31.2. The first-order valence-electron chi connectivity index (χ1n) is 6.32. The average Bonchev–Trinajstić information content (AvgIpc) is 2.98. The highest BCUT2D eigenvalue weighted by Gasteiger charge is 2.37.